The molecular formula is C14H18N2O3. The SMILES string of the molecule is C#Cc1cccc(NC(=O)N(C)CC(O)COC)c1. The largest absolute Gasteiger partial charge is 0.389 e. The number of anilines is 1. The van der Waals surface area contributed by atoms with Gasteiger partial charge in [0.25, 0.3) is 0 Å². The number of aliphatic hydroxyl groups is 1. The standard InChI is InChI=1S/C14H18N2O3/c1-4-11-6-5-7-12(8-11)15-14(18)16(2)9-13(17)10-19-3/h1,5-8,13,17H,9-10H2,2-3H3,(H,15,18). The average molecular weight is 262 g/mol. The highest BCUT2D eigenvalue weighted by Gasteiger charge is 2.13. The van der Waals surface area contributed by atoms with E-state index < -0.39 is 6.10 Å². The Balaban J connectivity index is 2.56. The molecule has 0 fully saturated rings. The number of rotatable bonds is 5. The number of methoxy groups -OCH3 is 1. The number of hydrogen-bond acceptors (Lipinski definition) is 3. The smallest absolute Gasteiger partial charge is 0.321 e. The van der Waals surface area contributed by atoms with Crippen LogP contribution in [0.25, 0.3) is 0 Å². The number of ether oxygens (including phenoxy) is 1. The summed E-state index contributed by atoms with van der Waals surface area (Å²) in [5, 5.41) is 12.2. The summed E-state index contributed by atoms with van der Waals surface area (Å²) < 4.78 is 4.80. The molecule has 19 heavy (non-hydrogen) atoms. The molecule has 0 heterocycles. The van der Waals surface area contributed by atoms with Crippen molar-refractivity contribution in [3.05, 3.63) is 29.8 Å². The van der Waals surface area contributed by atoms with E-state index in [9.17, 15) is 9.90 Å². The number of amides is 2. The average Bonchev–Trinajstić information content (AvgIpc) is 2.39. The predicted molar refractivity (Wildman–Crippen MR) is 73.9 cm³/mol. The molecule has 1 aromatic rings. The molecule has 0 aromatic heterocycles. The van der Waals surface area contributed by atoms with Gasteiger partial charge in [0.1, 0.15) is 0 Å². The molecule has 0 aliphatic carbocycles. The van der Waals surface area contributed by atoms with Crippen molar-refractivity contribution in [3.63, 3.8) is 0 Å². The van der Waals surface area contributed by atoms with E-state index >= 15 is 0 Å². The number of nitrogens with one attached hydrogen (secondary N) is 1. The molecule has 2 N–H and O–H groups in total. The zero-order valence-electron chi connectivity index (χ0n) is 11.1. The third-order valence-electron chi connectivity index (χ3n) is 2.47. The minimum Gasteiger partial charge on any atom is -0.389 e. The summed E-state index contributed by atoms with van der Waals surface area (Å²) in [4.78, 5) is 13.2. The van der Waals surface area contributed by atoms with Gasteiger partial charge in [-0.05, 0) is 18.2 Å². The van der Waals surface area contributed by atoms with Crippen LogP contribution in [0.1, 0.15) is 5.56 Å². The van der Waals surface area contributed by atoms with E-state index in [0.717, 1.165) is 0 Å². The first-order valence-corrected chi connectivity index (χ1v) is 5.82. The van der Waals surface area contributed by atoms with Crippen LogP contribution >= 0.6 is 0 Å². The van der Waals surface area contributed by atoms with Crippen molar-refractivity contribution < 1.29 is 14.6 Å². The topological polar surface area (TPSA) is 61.8 Å². The quantitative estimate of drug-likeness (QED) is 0.782. The minimum atomic E-state index is -0.710. The van der Waals surface area contributed by atoms with E-state index in [2.05, 4.69) is 11.2 Å². The lowest BCUT2D eigenvalue weighted by Crippen LogP contribution is -2.38. The minimum absolute atomic E-state index is 0.185. The molecule has 2 amide bonds. The molecule has 1 unspecified atom stereocenters. The van der Waals surface area contributed by atoms with Crippen LogP contribution in [0, 0.1) is 12.3 Å². The molecule has 0 aliphatic rings. The maximum atomic E-state index is 11.9. The number of aliphatic hydroxyl groups excluding tert-OH is 1. The second-order valence-electron chi connectivity index (χ2n) is 4.14. The fourth-order valence-electron chi connectivity index (χ4n) is 1.55. The van der Waals surface area contributed by atoms with Crippen molar-refractivity contribution in [2.45, 2.75) is 6.10 Å². The van der Waals surface area contributed by atoms with E-state index in [4.69, 9.17) is 11.2 Å². The highest BCUT2D eigenvalue weighted by atomic mass is 16.5. The molecule has 5 nitrogen and oxygen atoms in total. The third-order valence-corrected chi connectivity index (χ3v) is 2.47. The van der Waals surface area contributed by atoms with Crippen molar-refractivity contribution >= 4 is 11.7 Å². The number of hydrogen-bond donors (Lipinski definition) is 2. The van der Waals surface area contributed by atoms with Crippen LogP contribution in [0.15, 0.2) is 24.3 Å². The van der Waals surface area contributed by atoms with E-state index in [1.165, 1.54) is 12.0 Å². The summed E-state index contributed by atoms with van der Waals surface area (Å²) in [6.45, 7) is 0.374. The Morgan fingerprint density at radius 2 is 2.37 bits per heavy atom. The van der Waals surface area contributed by atoms with Gasteiger partial charge in [0.05, 0.1) is 19.3 Å². The Labute approximate surface area is 113 Å². The second-order valence-corrected chi connectivity index (χ2v) is 4.14. The van der Waals surface area contributed by atoms with Gasteiger partial charge in [-0.1, -0.05) is 12.0 Å². The highest BCUT2D eigenvalue weighted by molar-refractivity contribution is 5.89. The lowest BCUT2D eigenvalue weighted by molar-refractivity contribution is 0.0501. The second kappa shape index (κ2) is 7.41. The van der Waals surface area contributed by atoms with Gasteiger partial charge < -0.3 is 20.1 Å². The van der Waals surface area contributed by atoms with Crippen LogP contribution in [0.3, 0.4) is 0 Å². The fraction of sp³-hybridized carbons (Fsp3) is 0.357. The van der Waals surface area contributed by atoms with Crippen molar-refractivity contribution in [3.8, 4) is 12.3 Å². The van der Waals surface area contributed by atoms with Gasteiger partial charge in [-0.3, -0.25) is 0 Å². The zero-order chi connectivity index (χ0) is 14.3. The van der Waals surface area contributed by atoms with Crippen LogP contribution in [0.2, 0.25) is 0 Å². The lowest BCUT2D eigenvalue weighted by Gasteiger charge is -2.21. The van der Waals surface area contributed by atoms with Gasteiger partial charge in [0, 0.05) is 25.4 Å². The third kappa shape index (κ3) is 5.00. The van der Waals surface area contributed by atoms with Crippen molar-refractivity contribution in [2.75, 3.05) is 32.6 Å². The van der Waals surface area contributed by atoms with E-state index in [1.807, 2.05) is 0 Å². The molecule has 0 radical (unpaired) electrons. The van der Waals surface area contributed by atoms with Crippen LogP contribution in [0.4, 0.5) is 10.5 Å². The van der Waals surface area contributed by atoms with Gasteiger partial charge in [-0.25, -0.2) is 4.79 Å². The van der Waals surface area contributed by atoms with Crippen LogP contribution in [-0.2, 0) is 4.74 Å². The lowest BCUT2D eigenvalue weighted by atomic mass is 10.2. The molecule has 0 bridgehead atoms. The zero-order valence-corrected chi connectivity index (χ0v) is 11.1. The van der Waals surface area contributed by atoms with Crippen molar-refractivity contribution in [1.29, 1.82) is 0 Å². The number of carbonyl (C=O) groups excluding carboxylic acids is 1. The maximum Gasteiger partial charge on any atom is 0.321 e. The highest BCUT2D eigenvalue weighted by Crippen LogP contribution is 2.10. The number of likely N-dealkylation sites (N-methyl/N-ethyl adjacent to an activating group) is 1. The fourth-order valence-corrected chi connectivity index (χ4v) is 1.55. The van der Waals surface area contributed by atoms with Gasteiger partial charge in [0.15, 0.2) is 0 Å². The molecule has 1 aromatic carbocycles. The number of nitrogens with zero attached hydrogens (tertiary/aromatic N) is 1. The van der Waals surface area contributed by atoms with E-state index in [-0.39, 0.29) is 19.2 Å². The number of benzene rings is 1. The van der Waals surface area contributed by atoms with Crippen LogP contribution in [-0.4, -0.2) is 49.5 Å². The Bertz CT molecular complexity index is 468. The first-order chi connectivity index (χ1) is 9.06. The molecule has 5 heteroatoms. The molecule has 0 aliphatic heterocycles. The van der Waals surface area contributed by atoms with Crippen LogP contribution in [0.5, 0.6) is 0 Å². The number of terminal acetylenes is 1. The molecule has 1 rings (SSSR count). The molecule has 102 valence electrons. The number of carbonyl (C=O) groups is 1. The van der Waals surface area contributed by atoms with Gasteiger partial charge in [0.2, 0.25) is 0 Å². The summed E-state index contributed by atoms with van der Waals surface area (Å²) in [5.74, 6) is 2.50. The number of urea groups is 1. The maximum absolute atomic E-state index is 11.9. The summed E-state index contributed by atoms with van der Waals surface area (Å²) in [7, 11) is 3.09. The monoisotopic (exact) mass is 262 g/mol. The van der Waals surface area contributed by atoms with Gasteiger partial charge in [-0.15, -0.1) is 6.42 Å². The summed E-state index contributed by atoms with van der Waals surface area (Å²) >= 11 is 0. The Hall–Kier alpha value is -2.03. The first kappa shape index (κ1) is 15.0. The summed E-state index contributed by atoms with van der Waals surface area (Å²) in [6.07, 6.45) is 4.58. The normalized spacial score (nSPS) is 11.5. The van der Waals surface area contributed by atoms with Gasteiger partial charge >= 0.3 is 6.03 Å². The molecule has 0 saturated carbocycles. The summed E-state index contributed by atoms with van der Waals surface area (Å²) in [6, 6.07) is 6.69. The van der Waals surface area contributed by atoms with Crippen molar-refractivity contribution in [2.24, 2.45) is 0 Å². The Morgan fingerprint density at radius 1 is 1.63 bits per heavy atom. The molecule has 0 saturated heterocycles. The van der Waals surface area contributed by atoms with E-state index in [0.29, 0.717) is 11.3 Å². The van der Waals surface area contributed by atoms with Crippen LogP contribution < -0.4 is 5.32 Å². The van der Waals surface area contributed by atoms with E-state index in [1.54, 1.807) is 31.3 Å². The summed E-state index contributed by atoms with van der Waals surface area (Å²) in [5.41, 5.74) is 1.31. The Morgan fingerprint density at radius 3 is 3.00 bits per heavy atom. The Kier molecular flexibility index (Phi) is 5.86. The molecule has 0 spiro atoms. The van der Waals surface area contributed by atoms with Gasteiger partial charge in [-0.2, -0.15) is 0 Å². The molecular weight excluding hydrogens is 244 g/mol. The predicted octanol–water partition coefficient (Wildman–Crippen LogP) is 1.14. The first-order valence-electron chi connectivity index (χ1n) is 5.82. The van der Waals surface area contributed by atoms with Crippen molar-refractivity contribution in [1.82, 2.24) is 4.90 Å². The molecule has 1 atom stereocenters.